The van der Waals surface area contributed by atoms with E-state index in [1.54, 1.807) is 0 Å². The normalized spacial score (nSPS) is 10.1. The molecule has 7 heteroatoms. The molecule has 0 aliphatic carbocycles. The number of ether oxygens (including phenoxy) is 3. The third kappa shape index (κ3) is 7.80. The zero-order chi connectivity index (χ0) is 26.6. The molecule has 0 spiro atoms. The minimum absolute atomic E-state index is 0.140. The molecule has 0 amide bonds. The molecule has 3 aromatic carbocycles. The van der Waals surface area contributed by atoms with E-state index >= 15 is 0 Å². The van der Waals surface area contributed by atoms with Crippen molar-refractivity contribution in [3.63, 3.8) is 0 Å². The fraction of sp³-hybridized carbons (Fsp3) is 0.100. The molecule has 0 atom stereocenters. The van der Waals surface area contributed by atoms with Crippen LogP contribution in [-0.4, -0.2) is 17.9 Å². The number of nitrogens with zero attached hydrogens (tertiary/aromatic N) is 1. The number of benzene rings is 3. The molecule has 0 heterocycles. The first kappa shape index (κ1) is 26.7. The van der Waals surface area contributed by atoms with E-state index in [-0.39, 0.29) is 19.8 Å². The Kier molecular flexibility index (Phi) is 9.56. The predicted octanol–water partition coefficient (Wildman–Crippen LogP) is 5.84. The van der Waals surface area contributed by atoms with Crippen LogP contribution in [0.5, 0.6) is 0 Å². The highest BCUT2D eigenvalue weighted by molar-refractivity contribution is 5.82. The molecule has 0 aromatic heterocycles. The monoisotopic (exact) mass is 497 g/mol. The van der Waals surface area contributed by atoms with Gasteiger partial charge >= 0.3 is 17.9 Å². The fourth-order valence-corrected chi connectivity index (χ4v) is 3.31. The molecule has 0 saturated heterocycles. The summed E-state index contributed by atoms with van der Waals surface area (Å²) in [5, 5.41) is 0. The summed E-state index contributed by atoms with van der Waals surface area (Å²) < 4.78 is 15.3. The van der Waals surface area contributed by atoms with Crippen LogP contribution in [0.1, 0.15) is 16.7 Å². The molecule has 0 fully saturated rings. The summed E-state index contributed by atoms with van der Waals surface area (Å²) in [6.07, 6.45) is 3.38. The van der Waals surface area contributed by atoms with Crippen molar-refractivity contribution in [1.82, 2.24) is 0 Å². The van der Waals surface area contributed by atoms with Crippen molar-refractivity contribution in [2.45, 2.75) is 19.8 Å². The van der Waals surface area contributed by atoms with Gasteiger partial charge in [0.25, 0.3) is 0 Å². The minimum Gasteiger partial charge on any atom is -0.458 e. The van der Waals surface area contributed by atoms with Crippen molar-refractivity contribution < 1.29 is 28.6 Å². The third-order valence-electron chi connectivity index (χ3n) is 5.23. The number of rotatable bonds is 12. The average Bonchev–Trinajstić information content (AvgIpc) is 2.95. The van der Waals surface area contributed by atoms with E-state index < -0.39 is 17.9 Å². The highest BCUT2D eigenvalue weighted by Crippen LogP contribution is 2.35. The van der Waals surface area contributed by atoms with Gasteiger partial charge in [-0.1, -0.05) is 56.1 Å². The van der Waals surface area contributed by atoms with E-state index in [2.05, 4.69) is 19.7 Å². The lowest BCUT2D eigenvalue weighted by atomic mass is 10.1. The number of anilines is 3. The largest absolute Gasteiger partial charge is 0.458 e. The van der Waals surface area contributed by atoms with Crippen LogP contribution in [0, 0.1) is 0 Å². The maximum absolute atomic E-state index is 11.4. The van der Waals surface area contributed by atoms with Crippen molar-refractivity contribution in [3.05, 3.63) is 127 Å². The molecule has 0 saturated carbocycles. The molecule has 37 heavy (non-hydrogen) atoms. The third-order valence-corrected chi connectivity index (χ3v) is 5.23. The maximum Gasteiger partial charge on any atom is 0.330 e. The minimum atomic E-state index is -0.483. The standard InChI is InChI=1S/C30H27NO6/c1-4-28(32)35-19-22-7-13-25(14-8-22)31(26-15-9-23(10-16-26)20-36-29(33)5-2)27-17-11-24(12-18-27)21-37-30(34)6-3/h4-18H,1-3,19-21H2. The smallest absolute Gasteiger partial charge is 0.330 e. The van der Waals surface area contributed by atoms with E-state index in [4.69, 9.17) is 14.2 Å². The first-order valence-electron chi connectivity index (χ1n) is 11.4. The van der Waals surface area contributed by atoms with Gasteiger partial charge in [-0.15, -0.1) is 0 Å². The molecule has 0 unspecified atom stereocenters. The van der Waals surface area contributed by atoms with Gasteiger partial charge < -0.3 is 19.1 Å². The Labute approximate surface area is 215 Å². The molecule has 3 rings (SSSR count). The van der Waals surface area contributed by atoms with Crippen LogP contribution in [0.15, 0.2) is 111 Å². The Bertz CT molecular complexity index is 1100. The molecule has 3 aromatic rings. The van der Waals surface area contributed by atoms with Crippen molar-refractivity contribution in [3.8, 4) is 0 Å². The van der Waals surface area contributed by atoms with Crippen LogP contribution in [-0.2, 0) is 48.4 Å². The van der Waals surface area contributed by atoms with E-state index in [1.165, 1.54) is 0 Å². The zero-order valence-corrected chi connectivity index (χ0v) is 20.3. The van der Waals surface area contributed by atoms with Gasteiger partial charge in [0.15, 0.2) is 0 Å². The highest BCUT2D eigenvalue weighted by atomic mass is 16.5. The second-order valence-corrected chi connectivity index (χ2v) is 7.77. The maximum atomic E-state index is 11.4. The molecule has 0 bridgehead atoms. The fourth-order valence-electron chi connectivity index (χ4n) is 3.31. The van der Waals surface area contributed by atoms with Gasteiger partial charge in [0.05, 0.1) is 0 Å². The van der Waals surface area contributed by atoms with Crippen LogP contribution in [0.3, 0.4) is 0 Å². The van der Waals surface area contributed by atoms with Gasteiger partial charge in [0, 0.05) is 35.3 Å². The summed E-state index contributed by atoms with van der Waals surface area (Å²) >= 11 is 0. The lowest BCUT2D eigenvalue weighted by Crippen LogP contribution is -2.11. The summed E-state index contributed by atoms with van der Waals surface area (Å²) in [6.45, 7) is 10.6. The molecule has 188 valence electrons. The summed E-state index contributed by atoms with van der Waals surface area (Å²) in [5.41, 5.74) is 5.11. The lowest BCUT2D eigenvalue weighted by molar-refractivity contribution is -0.139. The van der Waals surface area contributed by atoms with Gasteiger partial charge in [0.1, 0.15) is 19.8 Å². The summed E-state index contributed by atoms with van der Waals surface area (Å²) in [4.78, 5) is 36.2. The van der Waals surface area contributed by atoms with Gasteiger partial charge in [-0.3, -0.25) is 0 Å². The van der Waals surface area contributed by atoms with Gasteiger partial charge in [-0.2, -0.15) is 0 Å². The van der Waals surface area contributed by atoms with Gasteiger partial charge in [0.2, 0.25) is 0 Å². The second kappa shape index (κ2) is 13.3. The lowest BCUT2D eigenvalue weighted by Gasteiger charge is -2.26. The van der Waals surface area contributed by atoms with Gasteiger partial charge in [-0.25, -0.2) is 14.4 Å². The molecule has 0 N–H and O–H groups in total. The summed E-state index contributed by atoms with van der Waals surface area (Å²) in [5.74, 6) is -1.45. The summed E-state index contributed by atoms with van der Waals surface area (Å²) in [6, 6.07) is 22.8. The molecule has 0 aliphatic rings. The van der Waals surface area contributed by atoms with Crippen LogP contribution in [0.4, 0.5) is 17.1 Å². The Hall–Kier alpha value is -4.91. The molecular weight excluding hydrogens is 470 g/mol. The molecule has 7 nitrogen and oxygen atoms in total. The van der Waals surface area contributed by atoms with Crippen molar-refractivity contribution in [2.75, 3.05) is 4.90 Å². The Morgan fingerprint density at radius 1 is 0.514 bits per heavy atom. The zero-order valence-electron chi connectivity index (χ0n) is 20.3. The first-order chi connectivity index (χ1) is 17.9. The van der Waals surface area contributed by atoms with Crippen molar-refractivity contribution in [2.24, 2.45) is 0 Å². The SMILES string of the molecule is C=CC(=O)OCc1ccc(N(c2ccc(COC(=O)C=C)cc2)c2ccc(COC(=O)C=C)cc2)cc1. The van der Waals surface area contributed by atoms with Crippen LogP contribution >= 0.6 is 0 Å². The quantitative estimate of drug-likeness (QED) is 0.177. The van der Waals surface area contributed by atoms with E-state index in [9.17, 15) is 14.4 Å². The number of esters is 3. The summed E-state index contributed by atoms with van der Waals surface area (Å²) in [7, 11) is 0. The topological polar surface area (TPSA) is 82.1 Å². The number of carbonyl (C=O) groups is 3. The van der Waals surface area contributed by atoms with Crippen LogP contribution in [0.2, 0.25) is 0 Å². The highest BCUT2D eigenvalue weighted by Gasteiger charge is 2.13. The van der Waals surface area contributed by atoms with Gasteiger partial charge in [-0.05, 0) is 53.1 Å². The number of carbonyl (C=O) groups excluding carboxylic acids is 3. The number of hydrogen-bond acceptors (Lipinski definition) is 7. The Morgan fingerprint density at radius 2 is 0.757 bits per heavy atom. The van der Waals surface area contributed by atoms with Crippen LogP contribution < -0.4 is 4.90 Å². The number of hydrogen-bond donors (Lipinski definition) is 0. The van der Waals surface area contributed by atoms with Crippen LogP contribution in [0.25, 0.3) is 0 Å². The van der Waals surface area contributed by atoms with Crippen molar-refractivity contribution in [1.29, 1.82) is 0 Å². The Balaban J connectivity index is 1.87. The molecular formula is C30H27NO6. The molecule has 0 radical (unpaired) electrons. The van der Waals surface area contributed by atoms with E-state index in [0.717, 1.165) is 52.0 Å². The average molecular weight is 498 g/mol. The first-order valence-corrected chi connectivity index (χ1v) is 11.4. The molecule has 0 aliphatic heterocycles. The van der Waals surface area contributed by atoms with E-state index in [0.29, 0.717) is 0 Å². The Morgan fingerprint density at radius 3 is 0.973 bits per heavy atom. The predicted molar refractivity (Wildman–Crippen MR) is 141 cm³/mol. The second-order valence-electron chi connectivity index (χ2n) is 7.77. The van der Waals surface area contributed by atoms with Crippen molar-refractivity contribution >= 4 is 35.0 Å². The van der Waals surface area contributed by atoms with E-state index in [1.807, 2.05) is 77.7 Å².